The predicted octanol–water partition coefficient (Wildman–Crippen LogP) is 6.51. The highest BCUT2D eigenvalue weighted by Gasteiger charge is 2.38. The molecule has 3 aliphatic carbocycles. The van der Waals surface area contributed by atoms with Crippen LogP contribution in [0.5, 0.6) is 0 Å². The Hall–Kier alpha value is -2.38. The summed E-state index contributed by atoms with van der Waals surface area (Å²) >= 11 is 0. The molecule has 1 saturated heterocycles. The Bertz CT molecular complexity index is 1030. The minimum Gasteiger partial charge on any atom is -0.299 e. The van der Waals surface area contributed by atoms with E-state index in [0.717, 1.165) is 12.5 Å². The Kier molecular flexibility index (Phi) is 4.72. The Morgan fingerprint density at radius 2 is 1.30 bits per heavy atom. The van der Waals surface area contributed by atoms with Crippen LogP contribution in [0.15, 0.2) is 72.8 Å². The molecule has 2 unspecified atom stereocenters. The van der Waals surface area contributed by atoms with Gasteiger partial charge in [-0.3, -0.25) is 4.90 Å². The van der Waals surface area contributed by atoms with Crippen LogP contribution in [0.3, 0.4) is 0 Å². The van der Waals surface area contributed by atoms with Crippen LogP contribution in [-0.4, -0.2) is 18.0 Å². The second kappa shape index (κ2) is 7.71. The van der Waals surface area contributed by atoms with Crippen LogP contribution in [0, 0.1) is 5.92 Å². The molecule has 2 atom stereocenters. The summed E-state index contributed by atoms with van der Waals surface area (Å²) in [6.45, 7) is 3.62. The zero-order valence-electron chi connectivity index (χ0n) is 17.8. The normalized spacial score (nSPS) is 23.2. The molecule has 0 aromatic heterocycles. The van der Waals surface area contributed by atoms with Crippen LogP contribution < -0.4 is 0 Å². The summed E-state index contributed by atoms with van der Waals surface area (Å²) < 4.78 is 0. The summed E-state index contributed by atoms with van der Waals surface area (Å²) in [5, 5.41) is 0. The molecule has 2 bridgehead atoms. The average Bonchev–Trinajstić information content (AvgIpc) is 2.82. The quantitative estimate of drug-likeness (QED) is 0.488. The number of fused-ring (bicyclic) bond motifs is 1. The third-order valence-electron chi connectivity index (χ3n) is 7.91. The van der Waals surface area contributed by atoms with E-state index in [4.69, 9.17) is 0 Å². The third-order valence-corrected chi connectivity index (χ3v) is 7.91. The molecule has 3 aromatic carbocycles. The summed E-state index contributed by atoms with van der Waals surface area (Å²) in [4.78, 5) is 2.71. The molecular formula is C29H31N. The van der Waals surface area contributed by atoms with Crippen LogP contribution in [0.1, 0.15) is 70.9 Å². The van der Waals surface area contributed by atoms with Crippen LogP contribution in [-0.2, 0) is 13.0 Å². The van der Waals surface area contributed by atoms with Crippen molar-refractivity contribution >= 4 is 0 Å². The van der Waals surface area contributed by atoms with E-state index in [0.29, 0.717) is 11.8 Å². The van der Waals surface area contributed by atoms with E-state index in [2.05, 4.69) is 77.7 Å². The van der Waals surface area contributed by atoms with Gasteiger partial charge in [-0.1, -0.05) is 72.8 Å². The van der Waals surface area contributed by atoms with E-state index in [1.807, 2.05) is 0 Å². The van der Waals surface area contributed by atoms with E-state index < -0.39 is 0 Å². The maximum Gasteiger partial charge on any atom is 0.0236 e. The number of hydrogen-bond donors (Lipinski definition) is 0. The fourth-order valence-electron chi connectivity index (χ4n) is 6.45. The predicted molar refractivity (Wildman–Crippen MR) is 124 cm³/mol. The van der Waals surface area contributed by atoms with Crippen molar-refractivity contribution < 1.29 is 0 Å². The molecule has 0 saturated carbocycles. The SMILES string of the molecule is c1ccc(CC2CCN(Cc3cccc4c3C3CCC4c4ccccc43)CC2)cc1. The molecule has 4 aliphatic rings. The molecule has 30 heavy (non-hydrogen) atoms. The van der Waals surface area contributed by atoms with E-state index in [1.54, 1.807) is 27.8 Å². The molecule has 0 N–H and O–H groups in total. The molecule has 1 fully saturated rings. The first-order valence-corrected chi connectivity index (χ1v) is 11.8. The minimum atomic E-state index is 0.619. The topological polar surface area (TPSA) is 3.24 Å². The summed E-state index contributed by atoms with van der Waals surface area (Å²) in [5.41, 5.74) is 9.61. The van der Waals surface area contributed by atoms with Crippen molar-refractivity contribution in [3.05, 3.63) is 106 Å². The van der Waals surface area contributed by atoms with Crippen LogP contribution in [0.25, 0.3) is 0 Å². The minimum absolute atomic E-state index is 0.619. The highest BCUT2D eigenvalue weighted by molar-refractivity contribution is 5.57. The van der Waals surface area contributed by atoms with E-state index in [-0.39, 0.29) is 0 Å². The lowest BCUT2D eigenvalue weighted by Crippen LogP contribution is -2.35. The first-order valence-electron chi connectivity index (χ1n) is 11.8. The average molecular weight is 394 g/mol. The Balaban J connectivity index is 1.18. The summed E-state index contributed by atoms with van der Waals surface area (Å²) in [5.74, 6) is 2.09. The van der Waals surface area contributed by atoms with Crippen LogP contribution in [0.4, 0.5) is 0 Å². The van der Waals surface area contributed by atoms with E-state index in [9.17, 15) is 0 Å². The number of piperidine rings is 1. The molecule has 1 heterocycles. The third kappa shape index (κ3) is 3.20. The van der Waals surface area contributed by atoms with Gasteiger partial charge in [-0.2, -0.15) is 0 Å². The van der Waals surface area contributed by atoms with Gasteiger partial charge in [-0.25, -0.2) is 0 Å². The van der Waals surface area contributed by atoms with Crippen LogP contribution in [0.2, 0.25) is 0 Å². The van der Waals surface area contributed by atoms with Gasteiger partial charge in [0.05, 0.1) is 0 Å². The van der Waals surface area contributed by atoms with Gasteiger partial charge in [0.25, 0.3) is 0 Å². The van der Waals surface area contributed by atoms with Gasteiger partial charge in [0.1, 0.15) is 0 Å². The lowest BCUT2D eigenvalue weighted by Gasteiger charge is -2.42. The highest BCUT2D eigenvalue weighted by atomic mass is 15.1. The second-order valence-electron chi connectivity index (χ2n) is 9.64. The molecule has 1 aliphatic heterocycles. The van der Waals surface area contributed by atoms with E-state index >= 15 is 0 Å². The fraction of sp³-hybridized carbons (Fsp3) is 0.379. The van der Waals surface area contributed by atoms with E-state index in [1.165, 1.54) is 50.8 Å². The molecule has 152 valence electrons. The summed E-state index contributed by atoms with van der Waals surface area (Å²) in [6.07, 6.45) is 6.56. The number of nitrogens with zero attached hydrogens (tertiary/aromatic N) is 1. The maximum absolute atomic E-state index is 2.71. The van der Waals surface area contributed by atoms with Crippen molar-refractivity contribution in [2.75, 3.05) is 13.1 Å². The summed E-state index contributed by atoms with van der Waals surface area (Å²) in [6, 6.07) is 27.4. The lowest BCUT2D eigenvalue weighted by molar-refractivity contribution is 0.176. The van der Waals surface area contributed by atoms with Gasteiger partial charge in [-0.05, 0) is 84.5 Å². The Labute approximate surface area is 180 Å². The van der Waals surface area contributed by atoms with Crippen molar-refractivity contribution in [3.8, 4) is 0 Å². The molecule has 3 aromatic rings. The lowest BCUT2D eigenvalue weighted by atomic mass is 9.63. The van der Waals surface area contributed by atoms with Gasteiger partial charge in [0, 0.05) is 18.4 Å². The first kappa shape index (κ1) is 18.4. The molecule has 0 amide bonds. The van der Waals surface area contributed by atoms with Crippen molar-refractivity contribution in [2.45, 2.75) is 50.5 Å². The Morgan fingerprint density at radius 1 is 0.633 bits per heavy atom. The number of likely N-dealkylation sites (tertiary alicyclic amines) is 1. The summed E-state index contributed by atoms with van der Waals surface area (Å²) in [7, 11) is 0. The highest BCUT2D eigenvalue weighted by Crippen LogP contribution is 2.53. The number of rotatable bonds is 4. The van der Waals surface area contributed by atoms with Gasteiger partial charge >= 0.3 is 0 Å². The van der Waals surface area contributed by atoms with Crippen LogP contribution >= 0.6 is 0 Å². The van der Waals surface area contributed by atoms with Gasteiger partial charge in [0.15, 0.2) is 0 Å². The molecular weight excluding hydrogens is 362 g/mol. The van der Waals surface area contributed by atoms with Gasteiger partial charge in [0.2, 0.25) is 0 Å². The monoisotopic (exact) mass is 393 g/mol. The van der Waals surface area contributed by atoms with Crippen molar-refractivity contribution in [1.29, 1.82) is 0 Å². The molecule has 1 heteroatoms. The fourth-order valence-corrected chi connectivity index (χ4v) is 6.45. The largest absolute Gasteiger partial charge is 0.299 e. The standard InChI is InChI=1S/C29H31N/c1-2-7-21(8-3-1)19-22-15-17-30(18-16-22)20-23-9-6-12-27-26-13-14-28(29(23)27)25-11-5-4-10-24(25)26/h1-12,22,26,28H,13-20H2. The maximum atomic E-state index is 2.71. The molecule has 0 spiro atoms. The first-order chi connectivity index (χ1) is 14.9. The number of hydrogen-bond acceptors (Lipinski definition) is 1. The van der Waals surface area contributed by atoms with Crippen molar-refractivity contribution in [2.24, 2.45) is 5.92 Å². The zero-order chi connectivity index (χ0) is 19.9. The molecule has 1 nitrogen and oxygen atoms in total. The molecule has 7 rings (SSSR count). The smallest absolute Gasteiger partial charge is 0.0236 e. The Morgan fingerprint density at radius 3 is 2.10 bits per heavy atom. The zero-order valence-corrected chi connectivity index (χ0v) is 17.8. The number of benzene rings is 3. The van der Waals surface area contributed by atoms with Gasteiger partial charge < -0.3 is 0 Å². The molecule has 0 radical (unpaired) electrons. The second-order valence-corrected chi connectivity index (χ2v) is 9.64. The van der Waals surface area contributed by atoms with Crippen molar-refractivity contribution in [1.82, 2.24) is 4.90 Å². The van der Waals surface area contributed by atoms with Gasteiger partial charge in [-0.15, -0.1) is 0 Å². The van der Waals surface area contributed by atoms with Crippen molar-refractivity contribution in [3.63, 3.8) is 0 Å².